The van der Waals surface area contributed by atoms with Crippen molar-refractivity contribution in [2.45, 2.75) is 13.5 Å². The normalized spacial score (nSPS) is 13.6. The molecular formula is C18H17FN4O. The molecule has 5 nitrogen and oxygen atoms in total. The molecule has 0 spiro atoms. The Labute approximate surface area is 138 Å². The fraction of sp³-hybridized carbons (Fsp3) is 0.111. The van der Waals surface area contributed by atoms with Crippen LogP contribution in [-0.4, -0.2) is 11.7 Å². The highest BCUT2D eigenvalue weighted by atomic mass is 19.1. The monoisotopic (exact) mass is 324 g/mol. The molecular weight excluding hydrogens is 307 g/mol. The summed E-state index contributed by atoms with van der Waals surface area (Å²) in [4.78, 5) is 16.4. The summed E-state index contributed by atoms with van der Waals surface area (Å²) in [5.41, 5.74) is 15.1. The number of hydrogen-bond acceptors (Lipinski definition) is 3. The van der Waals surface area contributed by atoms with Gasteiger partial charge in [-0.3, -0.25) is 4.79 Å². The zero-order valence-corrected chi connectivity index (χ0v) is 13.2. The zero-order chi connectivity index (χ0) is 17.4. The third kappa shape index (κ3) is 2.62. The molecule has 0 bridgehead atoms. The zero-order valence-electron chi connectivity index (χ0n) is 13.2. The van der Waals surface area contributed by atoms with Gasteiger partial charge in [0.2, 0.25) is 0 Å². The number of carbonyl (C=O) groups excluding carboxylic acids is 1. The Balaban J connectivity index is 2.22. The first-order valence-corrected chi connectivity index (χ1v) is 7.38. The first-order valence-electron chi connectivity index (χ1n) is 7.38. The Morgan fingerprint density at radius 2 is 2.00 bits per heavy atom. The number of halogens is 1. The van der Waals surface area contributed by atoms with Gasteiger partial charge >= 0.3 is 0 Å². The highest BCUT2D eigenvalue weighted by Crippen LogP contribution is 2.33. The van der Waals surface area contributed by atoms with Crippen molar-refractivity contribution in [3.05, 3.63) is 65.1 Å². The number of anilines is 1. The lowest BCUT2D eigenvalue weighted by atomic mass is 9.92. The lowest BCUT2D eigenvalue weighted by Gasteiger charge is -2.12. The fourth-order valence-electron chi connectivity index (χ4n) is 2.83. The van der Waals surface area contributed by atoms with E-state index in [-0.39, 0.29) is 11.7 Å². The van der Waals surface area contributed by atoms with Gasteiger partial charge in [0.05, 0.1) is 5.56 Å². The molecule has 0 saturated carbocycles. The van der Waals surface area contributed by atoms with Crippen LogP contribution in [0.25, 0.3) is 11.1 Å². The van der Waals surface area contributed by atoms with Crippen LogP contribution in [-0.2, 0) is 6.54 Å². The number of nitrogens with one attached hydrogen (secondary N) is 1. The van der Waals surface area contributed by atoms with E-state index in [2.05, 4.69) is 16.9 Å². The number of hydrogen-bond donors (Lipinski definition) is 3. The van der Waals surface area contributed by atoms with Crippen molar-refractivity contribution in [1.82, 2.24) is 5.32 Å². The minimum atomic E-state index is -0.437. The summed E-state index contributed by atoms with van der Waals surface area (Å²) in [5, 5.41) is 2.76. The van der Waals surface area contributed by atoms with Crippen molar-refractivity contribution in [1.29, 1.82) is 0 Å². The molecule has 0 fully saturated rings. The number of amidine groups is 1. The van der Waals surface area contributed by atoms with E-state index in [0.717, 1.165) is 0 Å². The molecule has 24 heavy (non-hydrogen) atoms. The van der Waals surface area contributed by atoms with Crippen molar-refractivity contribution in [3.63, 3.8) is 0 Å². The molecule has 1 aliphatic heterocycles. The van der Waals surface area contributed by atoms with Crippen molar-refractivity contribution >= 4 is 17.4 Å². The van der Waals surface area contributed by atoms with Gasteiger partial charge in [0, 0.05) is 29.1 Å². The van der Waals surface area contributed by atoms with E-state index in [4.69, 9.17) is 11.5 Å². The first kappa shape index (κ1) is 15.7. The average Bonchev–Trinajstić information content (AvgIpc) is 2.88. The summed E-state index contributed by atoms with van der Waals surface area (Å²) in [6, 6.07) is 7.91. The number of nitrogens with two attached hydrogens (primary N) is 2. The van der Waals surface area contributed by atoms with Gasteiger partial charge in [-0.05, 0) is 42.3 Å². The molecule has 0 unspecified atom stereocenters. The number of carbonyl (C=O) groups is 1. The number of benzene rings is 2. The van der Waals surface area contributed by atoms with E-state index in [1.807, 2.05) is 0 Å². The Bertz CT molecular complexity index is 902. The topological polar surface area (TPSA) is 93.5 Å². The van der Waals surface area contributed by atoms with E-state index < -0.39 is 5.82 Å². The second-order valence-electron chi connectivity index (χ2n) is 5.67. The molecule has 1 amide bonds. The van der Waals surface area contributed by atoms with Gasteiger partial charge in [-0.15, -0.1) is 0 Å². The molecule has 0 radical (unpaired) electrons. The second kappa shape index (κ2) is 5.81. The highest BCUT2D eigenvalue weighted by Gasteiger charge is 2.27. The lowest BCUT2D eigenvalue weighted by molar-refractivity contribution is 0.0965. The summed E-state index contributed by atoms with van der Waals surface area (Å²) in [6.45, 7) is 5.71. The first-order chi connectivity index (χ1) is 11.4. The predicted molar refractivity (Wildman–Crippen MR) is 93.0 cm³/mol. The van der Waals surface area contributed by atoms with Crippen molar-refractivity contribution in [2.24, 2.45) is 10.7 Å². The highest BCUT2D eigenvalue weighted by molar-refractivity contribution is 6.12. The maximum absolute atomic E-state index is 14.3. The predicted octanol–water partition coefficient (Wildman–Crippen LogP) is 2.56. The number of amides is 1. The minimum absolute atomic E-state index is 0.208. The van der Waals surface area contributed by atoms with Gasteiger partial charge in [-0.2, -0.15) is 0 Å². The van der Waals surface area contributed by atoms with E-state index in [9.17, 15) is 9.18 Å². The van der Waals surface area contributed by atoms with Crippen LogP contribution in [0.15, 0.2) is 47.6 Å². The van der Waals surface area contributed by atoms with E-state index in [1.54, 1.807) is 31.2 Å². The van der Waals surface area contributed by atoms with E-state index >= 15 is 0 Å². The standard InChI is InChI=1S/C18H17FN4O/c1-9(2)23-17(21)13-6-5-11(14-8-22-18(24)16(13)14)12-4-3-10(20)7-15(12)19/h3-7H,1,8,20H2,2H3,(H2,21,23)(H,22,24). The molecule has 1 aliphatic rings. The van der Waals surface area contributed by atoms with Gasteiger partial charge in [-0.1, -0.05) is 12.6 Å². The summed E-state index contributed by atoms with van der Waals surface area (Å²) < 4.78 is 14.3. The number of allylic oxidation sites excluding steroid dienone is 1. The van der Waals surface area contributed by atoms with Crippen LogP contribution in [0.3, 0.4) is 0 Å². The lowest BCUT2D eigenvalue weighted by Crippen LogP contribution is -2.20. The minimum Gasteiger partial charge on any atom is -0.399 e. The van der Waals surface area contributed by atoms with Crippen molar-refractivity contribution < 1.29 is 9.18 Å². The number of aliphatic imine (C=N–C) groups is 1. The van der Waals surface area contributed by atoms with E-state index in [0.29, 0.717) is 45.7 Å². The maximum Gasteiger partial charge on any atom is 0.252 e. The van der Waals surface area contributed by atoms with Crippen molar-refractivity contribution in [2.75, 3.05) is 5.73 Å². The van der Waals surface area contributed by atoms with Crippen LogP contribution in [0.1, 0.15) is 28.4 Å². The van der Waals surface area contributed by atoms with Gasteiger partial charge in [0.1, 0.15) is 11.7 Å². The second-order valence-corrected chi connectivity index (χ2v) is 5.67. The Kier molecular flexibility index (Phi) is 3.81. The summed E-state index contributed by atoms with van der Waals surface area (Å²) >= 11 is 0. The van der Waals surface area contributed by atoms with Crippen LogP contribution < -0.4 is 16.8 Å². The molecule has 0 saturated heterocycles. The smallest absolute Gasteiger partial charge is 0.252 e. The SMILES string of the molecule is C=C(C)N=C(N)c1ccc(-c2ccc(N)cc2F)c2c1C(=O)NC2. The number of nitrogen functional groups attached to an aromatic ring is 1. The molecule has 2 aromatic rings. The van der Waals surface area contributed by atoms with Crippen LogP contribution in [0.5, 0.6) is 0 Å². The Hall–Kier alpha value is -3.15. The largest absolute Gasteiger partial charge is 0.399 e. The molecule has 0 aromatic heterocycles. The van der Waals surface area contributed by atoms with Gasteiger partial charge in [0.25, 0.3) is 5.91 Å². The van der Waals surface area contributed by atoms with Gasteiger partial charge in [0.15, 0.2) is 0 Å². The van der Waals surface area contributed by atoms with Gasteiger partial charge in [-0.25, -0.2) is 9.38 Å². The summed E-state index contributed by atoms with van der Waals surface area (Å²) in [5.74, 6) is -0.481. The summed E-state index contributed by atoms with van der Waals surface area (Å²) in [7, 11) is 0. The Morgan fingerprint density at radius 1 is 1.29 bits per heavy atom. The molecule has 2 aromatic carbocycles. The number of rotatable bonds is 3. The molecule has 6 heteroatoms. The van der Waals surface area contributed by atoms with Crippen molar-refractivity contribution in [3.8, 4) is 11.1 Å². The summed E-state index contributed by atoms with van der Waals surface area (Å²) in [6.07, 6.45) is 0. The van der Waals surface area contributed by atoms with Crippen LogP contribution in [0.4, 0.5) is 10.1 Å². The van der Waals surface area contributed by atoms with Crippen LogP contribution >= 0.6 is 0 Å². The fourth-order valence-corrected chi connectivity index (χ4v) is 2.83. The molecule has 5 N–H and O–H groups in total. The molecule has 122 valence electrons. The number of nitrogens with zero attached hydrogens (tertiary/aromatic N) is 1. The molecule has 3 rings (SSSR count). The maximum atomic E-state index is 14.3. The van der Waals surface area contributed by atoms with E-state index in [1.165, 1.54) is 6.07 Å². The number of fused-ring (bicyclic) bond motifs is 1. The van der Waals surface area contributed by atoms with Crippen LogP contribution in [0, 0.1) is 5.82 Å². The third-order valence-corrected chi connectivity index (χ3v) is 3.84. The quantitative estimate of drug-likeness (QED) is 0.460. The molecule has 0 aliphatic carbocycles. The van der Waals surface area contributed by atoms with Crippen LogP contribution in [0.2, 0.25) is 0 Å². The van der Waals surface area contributed by atoms with Gasteiger partial charge < -0.3 is 16.8 Å². The molecule has 0 atom stereocenters. The average molecular weight is 324 g/mol. The Morgan fingerprint density at radius 3 is 2.67 bits per heavy atom. The third-order valence-electron chi connectivity index (χ3n) is 3.84. The molecule has 1 heterocycles.